The lowest BCUT2D eigenvalue weighted by molar-refractivity contribution is 0.471. The molecule has 1 aromatic carbocycles. The van der Waals surface area contributed by atoms with E-state index in [0.29, 0.717) is 12.3 Å². The van der Waals surface area contributed by atoms with E-state index in [2.05, 4.69) is 17.3 Å². The molecule has 2 N–H and O–H groups in total. The minimum Gasteiger partial charge on any atom is -0.508 e. The van der Waals surface area contributed by atoms with Crippen LogP contribution in [0.5, 0.6) is 5.75 Å². The number of anilines is 1. The van der Waals surface area contributed by atoms with Gasteiger partial charge in [0.05, 0.1) is 6.20 Å². The number of aromatic hydroxyl groups is 1. The fraction of sp³-hybridized carbons (Fsp3) is 0.357. The van der Waals surface area contributed by atoms with Gasteiger partial charge in [-0.3, -0.25) is 4.68 Å². The molecule has 0 fully saturated rings. The van der Waals surface area contributed by atoms with Gasteiger partial charge in [0.1, 0.15) is 5.75 Å². The third kappa shape index (κ3) is 3.03. The van der Waals surface area contributed by atoms with Crippen molar-refractivity contribution in [3.05, 3.63) is 41.7 Å². The van der Waals surface area contributed by atoms with Crippen LogP contribution < -0.4 is 5.32 Å². The molecule has 2 aromatic rings. The number of nitrogens with zero attached hydrogens (tertiary/aromatic N) is 2. The van der Waals surface area contributed by atoms with Gasteiger partial charge in [0, 0.05) is 36.6 Å². The molecule has 0 aliphatic carbocycles. The first kappa shape index (κ1) is 12.5. The molecule has 4 heteroatoms. The molecule has 0 amide bonds. The molecule has 0 unspecified atom stereocenters. The summed E-state index contributed by atoms with van der Waals surface area (Å²) in [6.07, 6.45) is 5.00. The third-order valence-corrected chi connectivity index (χ3v) is 2.85. The molecule has 2 rings (SSSR count). The van der Waals surface area contributed by atoms with Gasteiger partial charge >= 0.3 is 0 Å². The van der Waals surface area contributed by atoms with Gasteiger partial charge in [-0.25, -0.2) is 0 Å². The molecule has 0 bridgehead atoms. The van der Waals surface area contributed by atoms with Crippen molar-refractivity contribution < 1.29 is 5.11 Å². The van der Waals surface area contributed by atoms with Gasteiger partial charge in [-0.15, -0.1) is 0 Å². The number of nitrogens with one attached hydrogen (secondary N) is 1. The second-order valence-corrected chi connectivity index (χ2v) is 4.47. The molecule has 0 atom stereocenters. The normalized spacial score (nSPS) is 10.6. The van der Waals surface area contributed by atoms with Gasteiger partial charge in [-0.2, -0.15) is 5.10 Å². The zero-order valence-corrected chi connectivity index (χ0v) is 10.8. The number of phenols is 1. The zero-order valence-electron chi connectivity index (χ0n) is 10.8. The lowest BCUT2D eigenvalue weighted by Crippen LogP contribution is -1.99. The average molecular weight is 245 g/mol. The number of phenolic OH excluding ortho intramolecular Hbond substituents is 1. The van der Waals surface area contributed by atoms with E-state index in [0.717, 1.165) is 29.8 Å². The molecule has 0 aliphatic heterocycles. The van der Waals surface area contributed by atoms with Crippen LogP contribution in [0.4, 0.5) is 5.69 Å². The fourth-order valence-corrected chi connectivity index (χ4v) is 1.77. The van der Waals surface area contributed by atoms with Crippen molar-refractivity contribution in [2.75, 3.05) is 5.32 Å². The van der Waals surface area contributed by atoms with Crippen LogP contribution in [0.3, 0.4) is 0 Å². The summed E-state index contributed by atoms with van der Waals surface area (Å²) >= 11 is 0. The third-order valence-electron chi connectivity index (χ3n) is 2.85. The molecule has 0 saturated heterocycles. The highest BCUT2D eigenvalue weighted by molar-refractivity contribution is 5.51. The molecule has 0 radical (unpaired) electrons. The maximum atomic E-state index is 9.61. The van der Waals surface area contributed by atoms with E-state index in [9.17, 15) is 5.11 Å². The van der Waals surface area contributed by atoms with Crippen LogP contribution in [-0.2, 0) is 13.1 Å². The smallest absolute Gasteiger partial charge is 0.120 e. The number of hydrogen-bond donors (Lipinski definition) is 2. The van der Waals surface area contributed by atoms with Gasteiger partial charge in [0.25, 0.3) is 0 Å². The Hall–Kier alpha value is -1.97. The van der Waals surface area contributed by atoms with Crippen molar-refractivity contribution in [1.82, 2.24) is 9.78 Å². The first-order chi connectivity index (χ1) is 8.69. The Balaban J connectivity index is 1.95. The molecule has 0 saturated carbocycles. The molecular formula is C14H19N3O. The second-order valence-electron chi connectivity index (χ2n) is 4.47. The zero-order chi connectivity index (χ0) is 13.0. The molecule has 18 heavy (non-hydrogen) atoms. The number of aryl methyl sites for hydroxylation is 2. The van der Waals surface area contributed by atoms with Crippen LogP contribution in [0.1, 0.15) is 24.5 Å². The van der Waals surface area contributed by atoms with Gasteiger partial charge in [-0.05, 0) is 25.0 Å². The highest BCUT2D eigenvalue weighted by atomic mass is 16.3. The van der Waals surface area contributed by atoms with E-state index in [1.54, 1.807) is 6.07 Å². The van der Waals surface area contributed by atoms with Crippen molar-refractivity contribution in [1.29, 1.82) is 0 Å². The summed E-state index contributed by atoms with van der Waals surface area (Å²) in [5.74, 6) is 0.321. The maximum Gasteiger partial charge on any atom is 0.120 e. The van der Waals surface area contributed by atoms with Gasteiger partial charge in [0.15, 0.2) is 0 Å². The molecule has 96 valence electrons. The number of benzene rings is 1. The summed E-state index contributed by atoms with van der Waals surface area (Å²) in [5, 5.41) is 17.2. The lowest BCUT2D eigenvalue weighted by atomic mass is 10.2. The van der Waals surface area contributed by atoms with Gasteiger partial charge in [-0.1, -0.05) is 13.0 Å². The van der Waals surface area contributed by atoms with Crippen LogP contribution in [0.25, 0.3) is 0 Å². The van der Waals surface area contributed by atoms with Crippen LogP contribution in [-0.4, -0.2) is 14.9 Å². The summed E-state index contributed by atoms with van der Waals surface area (Å²) in [6, 6.07) is 5.61. The molecule has 1 aromatic heterocycles. The lowest BCUT2D eigenvalue weighted by Gasteiger charge is -2.06. The van der Waals surface area contributed by atoms with Gasteiger partial charge in [0.2, 0.25) is 0 Å². The van der Waals surface area contributed by atoms with E-state index in [-0.39, 0.29) is 0 Å². The molecule has 0 aliphatic rings. The molecule has 4 nitrogen and oxygen atoms in total. The van der Waals surface area contributed by atoms with Crippen molar-refractivity contribution >= 4 is 5.69 Å². The Morgan fingerprint density at radius 3 is 2.94 bits per heavy atom. The summed E-state index contributed by atoms with van der Waals surface area (Å²) in [5.41, 5.74) is 2.95. The van der Waals surface area contributed by atoms with Crippen molar-refractivity contribution in [3.63, 3.8) is 0 Å². The summed E-state index contributed by atoms with van der Waals surface area (Å²) < 4.78 is 1.95. The maximum absolute atomic E-state index is 9.61. The van der Waals surface area contributed by atoms with Crippen molar-refractivity contribution in [2.24, 2.45) is 0 Å². The first-order valence-corrected chi connectivity index (χ1v) is 6.24. The Morgan fingerprint density at radius 2 is 2.22 bits per heavy atom. The topological polar surface area (TPSA) is 50.1 Å². The highest BCUT2D eigenvalue weighted by Crippen LogP contribution is 2.21. The Morgan fingerprint density at radius 1 is 1.39 bits per heavy atom. The molecule has 1 heterocycles. The first-order valence-electron chi connectivity index (χ1n) is 6.24. The Kier molecular flexibility index (Phi) is 3.87. The average Bonchev–Trinajstić information content (AvgIpc) is 2.79. The van der Waals surface area contributed by atoms with E-state index in [4.69, 9.17) is 0 Å². The highest BCUT2D eigenvalue weighted by Gasteiger charge is 2.00. The summed E-state index contributed by atoms with van der Waals surface area (Å²) in [6.45, 7) is 5.68. The Bertz CT molecular complexity index is 520. The quantitative estimate of drug-likeness (QED) is 0.851. The van der Waals surface area contributed by atoms with Gasteiger partial charge < -0.3 is 10.4 Å². The van der Waals surface area contributed by atoms with E-state index in [1.165, 1.54) is 0 Å². The predicted octanol–water partition coefficient (Wildman–Crippen LogP) is 2.92. The van der Waals surface area contributed by atoms with E-state index >= 15 is 0 Å². The minimum absolute atomic E-state index is 0.321. The number of aromatic nitrogens is 2. The van der Waals surface area contributed by atoms with Crippen LogP contribution in [0, 0.1) is 6.92 Å². The fourth-order valence-electron chi connectivity index (χ4n) is 1.77. The summed E-state index contributed by atoms with van der Waals surface area (Å²) in [7, 11) is 0. The van der Waals surface area contributed by atoms with E-state index < -0.39 is 0 Å². The Labute approximate surface area is 107 Å². The predicted molar refractivity (Wildman–Crippen MR) is 72.7 cm³/mol. The van der Waals surface area contributed by atoms with Crippen LogP contribution in [0.15, 0.2) is 30.6 Å². The molecule has 0 spiro atoms. The van der Waals surface area contributed by atoms with E-state index in [1.807, 2.05) is 36.1 Å². The minimum atomic E-state index is 0.321. The SMILES string of the molecule is CCCn1cc(CNc2ccc(C)c(O)c2)cn1. The van der Waals surface area contributed by atoms with Crippen LogP contribution >= 0.6 is 0 Å². The monoisotopic (exact) mass is 245 g/mol. The standard InChI is InChI=1S/C14H19N3O/c1-3-6-17-10-12(9-16-17)8-15-13-5-4-11(2)14(18)7-13/h4-5,7,9-10,15,18H,3,6,8H2,1-2H3. The van der Waals surface area contributed by atoms with Crippen LogP contribution in [0.2, 0.25) is 0 Å². The number of hydrogen-bond acceptors (Lipinski definition) is 3. The largest absolute Gasteiger partial charge is 0.508 e. The van der Waals surface area contributed by atoms with Crippen molar-refractivity contribution in [2.45, 2.75) is 33.4 Å². The number of rotatable bonds is 5. The summed E-state index contributed by atoms with van der Waals surface area (Å²) in [4.78, 5) is 0. The second kappa shape index (κ2) is 5.58. The van der Waals surface area contributed by atoms with Crippen molar-refractivity contribution in [3.8, 4) is 5.75 Å². The molecular weight excluding hydrogens is 226 g/mol.